The van der Waals surface area contributed by atoms with Crippen LogP contribution in [0.3, 0.4) is 0 Å². The van der Waals surface area contributed by atoms with E-state index < -0.39 is 0 Å². The molecule has 0 bridgehead atoms. The zero-order chi connectivity index (χ0) is 6.57. The van der Waals surface area contributed by atoms with Crippen LogP contribution in [0.4, 0.5) is 0 Å². The Bertz CT molecular complexity index is 127. The van der Waals surface area contributed by atoms with Gasteiger partial charge in [0.25, 0.3) is 0 Å². The summed E-state index contributed by atoms with van der Waals surface area (Å²) in [6.07, 6.45) is 1.78. The number of carbonyl (C=O) groups is 1. The monoisotopic (exact) mass is 130 g/mol. The van der Waals surface area contributed by atoms with E-state index in [-0.39, 0.29) is 16.0 Å². The number of carbonyl (C=O) groups excluding carboxylic acids is 1. The zero-order valence-corrected chi connectivity index (χ0v) is 5.79. The van der Waals surface area contributed by atoms with E-state index in [1.165, 1.54) is 6.92 Å². The SMILES string of the molecule is CC(=O)[S+](C)CC#N. The molecule has 1 unspecified atom stereocenters. The molecule has 8 heavy (non-hydrogen) atoms. The summed E-state index contributed by atoms with van der Waals surface area (Å²) in [6, 6.07) is 1.94. The number of hydrogen-bond donors (Lipinski definition) is 0. The van der Waals surface area contributed by atoms with Crippen LogP contribution in [0.5, 0.6) is 0 Å². The maximum absolute atomic E-state index is 10.4. The van der Waals surface area contributed by atoms with Crippen LogP contribution in [0, 0.1) is 11.3 Å². The molecule has 0 saturated carbocycles. The van der Waals surface area contributed by atoms with Gasteiger partial charge in [-0.1, -0.05) is 0 Å². The topological polar surface area (TPSA) is 40.9 Å². The van der Waals surface area contributed by atoms with Crippen molar-refractivity contribution in [3.63, 3.8) is 0 Å². The van der Waals surface area contributed by atoms with Gasteiger partial charge < -0.3 is 0 Å². The van der Waals surface area contributed by atoms with Gasteiger partial charge in [-0.2, -0.15) is 5.26 Å². The molecule has 0 aromatic heterocycles. The molecule has 0 aliphatic heterocycles. The molecule has 44 valence electrons. The van der Waals surface area contributed by atoms with Gasteiger partial charge in [-0.05, 0) is 0 Å². The summed E-state index contributed by atoms with van der Waals surface area (Å²) in [5, 5.41) is 8.21. The summed E-state index contributed by atoms with van der Waals surface area (Å²) in [7, 11) is -0.322. The van der Waals surface area contributed by atoms with Crippen LogP contribution in [-0.4, -0.2) is 17.1 Å². The maximum Gasteiger partial charge on any atom is 0.328 e. The second-order valence-electron chi connectivity index (χ2n) is 1.43. The predicted molar refractivity (Wildman–Crippen MR) is 34.4 cm³/mol. The van der Waals surface area contributed by atoms with Gasteiger partial charge in [0.15, 0.2) is 0 Å². The van der Waals surface area contributed by atoms with E-state index in [0.717, 1.165) is 0 Å². The molecule has 0 aliphatic carbocycles. The molecule has 0 heterocycles. The highest BCUT2D eigenvalue weighted by molar-refractivity contribution is 8.10. The fourth-order valence-corrected chi connectivity index (χ4v) is 0.595. The number of nitrogens with zero attached hydrogens (tertiary/aromatic N) is 1. The van der Waals surface area contributed by atoms with Crippen LogP contribution < -0.4 is 0 Å². The summed E-state index contributed by atoms with van der Waals surface area (Å²) in [6.45, 7) is 1.51. The van der Waals surface area contributed by atoms with E-state index in [9.17, 15) is 4.79 Å². The summed E-state index contributed by atoms with van der Waals surface area (Å²) in [4.78, 5) is 10.4. The van der Waals surface area contributed by atoms with Crippen LogP contribution in [-0.2, 0) is 15.7 Å². The van der Waals surface area contributed by atoms with Gasteiger partial charge in [-0.15, -0.1) is 0 Å². The highest BCUT2D eigenvalue weighted by atomic mass is 32.2. The summed E-state index contributed by atoms with van der Waals surface area (Å²) < 4.78 is 0. The molecule has 0 spiro atoms. The van der Waals surface area contributed by atoms with Crippen molar-refractivity contribution in [2.45, 2.75) is 6.92 Å². The Morgan fingerprint density at radius 3 is 2.50 bits per heavy atom. The second kappa shape index (κ2) is 3.50. The summed E-state index contributed by atoms with van der Waals surface area (Å²) in [5.41, 5.74) is 0. The Morgan fingerprint density at radius 2 is 2.38 bits per heavy atom. The Kier molecular flexibility index (Phi) is 3.29. The van der Waals surface area contributed by atoms with Gasteiger partial charge in [0.1, 0.15) is 12.3 Å². The van der Waals surface area contributed by atoms with E-state index in [1.807, 2.05) is 6.07 Å². The van der Waals surface area contributed by atoms with Crippen LogP contribution in [0.2, 0.25) is 0 Å². The molecular formula is C5H8NOS+. The molecule has 0 aromatic rings. The minimum absolute atomic E-state index is 0.117. The first-order valence-electron chi connectivity index (χ1n) is 2.18. The van der Waals surface area contributed by atoms with Crippen molar-refractivity contribution in [3.8, 4) is 6.07 Å². The van der Waals surface area contributed by atoms with E-state index >= 15 is 0 Å². The van der Waals surface area contributed by atoms with Gasteiger partial charge in [0.05, 0.1) is 10.9 Å². The Balaban J connectivity index is 3.52. The lowest BCUT2D eigenvalue weighted by Crippen LogP contribution is -2.11. The van der Waals surface area contributed by atoms with E-state index in [1.54, 1.807) is 6.26 Å². The van der Waals surface area contributed by atoms with Crippen LogP contribution in [0.25, 0.3) is 0 Å². The lowest BCUT2D eigenvalue weighted by molar-refractivity contribution is -0.109. The fourth-order valence-electron chi connectivity index (χ4n) is 0.198. The van der Waals surface area contributed by atoms with Crippen molar-refractivity contribution in [1.29, 1.82) is 5.26 Å². The molecule has 1 atom stereocenters. The molecule has 0 radical (unpaired) electrons. The van der Waals surface area contributed by atoms with Crippen molar-refractivity contribution in [1.82, 2.24) is 0 Å². The van der Waals surface area contributed by atoms with Gasteiger partial charge in [-0.25, -0.2) is 4.79 Å². The van der Waals surface area contributed by atoms with Crippen LogP contribution in [0.15, 0.2) is 0 Å². The molecule has 0 fully saturated rings. The molecule has 0 amide bonds. The standard InChI is InChI=1S/C5H8NOS/c1-5(7)8(2)4-3-6/h4H2,1-2H3/q+1. The molecule has 0 N–H and O–H groups in total. The van der Waals surface area contributed by atoms with E-state index in [2.05, 4.69) is 0 Å². The molecule has 0 aliphatic rings. The van der Waals surface area contributed by atoms with E-state index in [0.29, 0.717) is 5.75 Å². The first-order valence-corrected chi connectivity index (χ1v) is 3.98. The first-order chi connectivity index (χ1) is 3.68. The zero-order valence-electron chi connectivity index (χ0n) is 4.97. The third-order valence-corrected chi connectivity index (χ3v) is 2.32. The molecule has 3 heteroatoms. The average Bonchev–Trinajstić information content (AvgIpc) is 1.67. The molecular weight excluding hydrogens is 122 g/mol. The third kappa shape index (κ3) is 2.64. The third-order valence-electron chi connectivity index (χ3n) is 0.772. The largest absolute Gasteiger partial charge is 0.328 e. The maximum atomic E-state index is 10.4. The van der Waals surface area contributed by atoms with Crippen molar-refractivity contribution in [2.24, 2.45) is 0 Å². The van der Waals surface area contributed by atoms with Crippen molar-refractivity contribution in [3.05, 3.63) is 0 Å². The first kappa shape index (κ1) is 7.51. The number of hydrogen-bond acceptors (Lipinski definition) is 2. The Morgan fingerprint density at radius 1 is 1.88 bits per heavy atom. The quantitative estimate of drug-likeness (QED) is 0.479. The second-order valence-corrected chi connectivity index (χ2v) is 3.57. The number of rotatable bonds is 1. The van der Waals surface area contributed by atoms with Crippen LogP contribution >= 0.6 is 0 Å². The highest BCUT2D eigenvalue weighted by Gasteiger charge is 2.15. The van der Waals surface area contributed by atoms with E-state index in [4.69, 9.17) is 5.26 Å². The summed E-state index contributed by atoms with van der Waals surface area (Å²) >= 11 is 0. The Hall–Kier alpha value is -0.490. The molecule has 0 aromatic carbocycles. The van der Waals surface area contributed by atoms with Crippen molar-refractivity contribution >= 4 is 16.0 Å². The average molecular weight is 130 g/mol. The van der Waals surface area contributed by atoms with Gasteiger partial charge in [-0.3, -0.25) is 0 Å². The molecule has 0 rings (SSSR count). The van der Waals surface area contributed by atoms with Crippen molar-refractivity contribution in [2.75, 3.05) is 12.0 Å². The van der Waals surface area contributed by atoms with Crippen LogP contribution in [0.1, 0.15) is 6.92 Å². The molecule has 0 saturated heterocycles. The summed E-state index contributed by atoms with van der Waals surface area (Å²) in [5.74, 6) is 0.370. The fraction of sp³-hybridized carbons (Fsp3) is 0.600. The van der Waals surface area contributed by atoms with Crippen molar-refractivity contribution < 1.29 is 4.79 Å². The molecule has 2 nitrogen and oxygen atoms in total. The van der Waals surface area contributed by atoms with Gasteiger partial charge in [0.2, 0.25) is 5.75 Å². The lowest BCUT2D eigenvalue weighted by Gasteiger charge is -1.85. The van der Waals surface area contributed by atoms with Gasteiger partial charge in [0, 0.05) is 6.92 Å². The highest BCUT2D eigenvalue weighted by Crippen LogP contribution is 1.89. The predicted octanol–water partition coefficient (Wildman–Crippen LogP) is 0.305. The van der Waals surface area contributed by atoms with Gasteiger partial charge >= 0.3 is 5.12 Å². The smallest absolute Gasteiger partial charge is 0.238 e. The number of nitriles is 1. The minimum Gasteiger partial charge on any atom is -0.238 e. The Labute approximate surface area is 51.8 Å². The lowest BCUT2D eigenvalue weighted by atomic mass is 10.9. The minimum atomic E-state index is -0.322. The normalized spacial score (nSPS) is 12.1.